The monoisotopic (exact) mass is 180 g/mol. The third kappa shape index (κ3) is 2.49. The molecule has 2 unspecified atom stereocenters. The second kappa shape index (κ2) is 4.33. The highest BCUT2D eigenvalue weighted by molar-refractivity contribution is 5.09. The molecule has 0 aliphatic carbocycles. The van der Waals surface area contributed by atoms with Gasteiger partial charge in [0, 0.05) is 17.8 Å². The molecule has 0 saturated carbocycles. The second-order valence-electron chi connectivity index (χ2n) is 3.28. The molecular formula is C10H16N2O. The number of aromatic nitrogens is 2. The Balaban J connectivity index is 2.91. The van der Waals surface area contributed by atoms with E-state index in [1.54, 1.807) is 13.1 Å². The summed E-state index contributed by atoms with van der Waals surface area (Å²) in [4.78, 5) is 8.32. The maximum atomic E-state index is 9.50. The molecule has 0 aliphatic heterocycles. The molecule has 1 rings (SSSR count). The first-order chi connectivity index (χ1) is 6.15. The van der Waals surface area contributed by atoms with Crippen LogP contribution in [0, 0.1) is 6.92 Å². The molecule has 0 aliphatic rings. The van der Waals surface area contributed by atoms with Crippen molar-refractivity contribution in [2.45, 2.75) is 39.2 Å². The molecule has 0 amide bonds. The van der Waals surface area contributed by atoms with Crippen LogP contribution in [0.25, 0.3) is 0 Å². The van der Waals surface area contributed by atoms with E-state index in [0.717, 1.165) is 17.9 Å². The minimum Gasteiger partial charge on any atom is -0.393 e. The van der Waals surface area contributed by atoms with E-state index in [1.807, 2.05) is 13.0 Å². The molecule has 0 fully saturated rings. The van der Waals surface area contributed by atoms with Crippen molar-refractivity contribution < 1.29 is 5.11 Å². The molecule has 0 aromatic carbocycles. The van der Waals surface area contributed by atoms with Gasteiger partial charge >= 0.3 is 0 Å². The molecule has 13 heavy (non-hydrogen) atoms. The van der Waals surface area contributed by atoms with Gasteiger partial charge in [-0.1, -0.05) is 6.92 Å². The number of hydrogen-bond donors (Lipinski definition) is 1. The maximum Gasteiger partial charge on any atom is 0.125 e. The quantitative estimate of drug-likeness (QED) is 0.769. The zero-order chi connectivity index (χ0) is 9.84. The van der Waals surface area contributed by atoms with E-state index in [1.165, 1.54) is 0 Å². The van der Waals surface area contributed by atoms with Gasteiger partial charge in [0.05, 0.1) is 6.10 Å². The van der Waals surface area contributed by atoms with Crippen LogP contribution in [0.4, 0.5) is 0 Å². The van der Waals surface area contributed by atoms with Crippen LogP contribution in [-0.2, 0) is 0 Å². The number of rotatable bonds is 3. The van der Waals surface area contributed by atoms with E-state index >= 15 is 0 Å². The van der Waals surface area contributed by atoms with E-state index < -0.39 is 0 Å². The molecular weight excluding hydrogens is 164 g/mol. The molecule has 0 spiro atoms. The fourth-order valence-electron chi connectivity index (χ4n) is 1.48. The predicted octanol–water partition coefficient (Wildman–Crippen LogP) is 1.66. The zero-order valence-corrected chi connectivity index (χ0v) is 8.36. The Kier molecular flexibility index (Phi) is 3.37. The smallest absolute Gasteiger partial charge is 0.125 e. The summed E-state index contributed by atoms with van der Waals surface area (Å²) in [5.41, 5.74) is 0.935. The summed E-state index contributed by atoms with van der Waals surface area (Å²) >= 11 is 0. The van der Waals surface area contributed by atoms with Crippen molar-refractivity contribution in [3.8, 4) is 0 Å². The van der Waals surface area contributed by atoms with Crippen molar-refractivity contribution in [1.29, 1.82) is 0 Å². The lowest BCUT2D eigenvalue weighted by atomic mass is 9.97. The SMILES string of the molecule is CCC(c1ccnc(C)n1)C(C)O. The van der Waals surface area contributed by atoms with E-state index in [-0.39, 0.29) is 12.0 Å². The van der Waals surface area contributed by atoms with Crippen LogP contribution >= 0.6 is 0 Å². The van der Waals surface area contributed by atoms with Gasteiger partial charge in [-0.3, -0.25) is 0 Å². The minimum atomic E-state index is -0.348. The van der Waals surface area contributed by atoms with Crippen molar-refractivity contribution in [2.75, 3.05) is 0 Å². The number of hydrogen-bond acceptors (Lipinski definition) is 3. The third-order valence-corrected chi connectivity index (χ3v) is 2.20. The minimum absolute atomic E-state index is 0.127. The summed E-state index contributed by atoms with van der Waals surface area (Å²) in [6.45, 7) is 5.71. The summed E-state index contributed by atoms with van der Waals surface area (Å²) in [5, 5.41) is 9.50. The van der Waals surface area contributed by atoms with Crippen LogP contribution in [0.2, 0.25) is 0 Å². The van der Waals surface area contributed by atoms with Gasteiger partial charge < -0.3 is 5.11 Å². The van der Waals surface area contributed by atoms with Crippen molar-refractivity contribution in [3.63, 3.8) is 0 Å². The molecule has 1 aromatic heterocycles. The molecule has 72 valence electrons. The zero-order valence-electron chi connectivity index (χ0n) is 8.36. The highest BCUT2D eigenvalue weighted by atomic mass is 16.3. The van der Waals surface area contributed by atoms with Crippen LogP contribution < -0.4 is 0 Å². The van der Waals surface area contributed by atoms with Crippen LogP contribution in [-0.4, -0.2) is 21.2 Å². The molecule has 1 heterocycles. The van der Waals surface area contributed by atoms with Gasteiger partial charge in [0.25, 0.3) is 0 Å². The summed E-state index contributed by atoms with van der Waals surface area (Å²) in [7, 11) is 0. The molecule has 0 saturated heterocycles. The van der Waals surface area contributed by atoms with Crippen molar-refractivity contribution in [2.24, 2.45) is 0 Å². The van der Waals surface area contributed by atoms with Crippen LogP contribution in [0.3, 0.4) is 0 Å². The predicted molar refractivity (Wildman–Crippen MR) is 51.5 cm³/mol. The van der Waals surface area contributed by atoms with Crippen LogP contribution in [0.1, 0.15) is 37.7 Å². The fraction of sp³-hybridized carbons (Fsp3) is 0.600. The molecule has 0 bridgehead atoms. The molecule has 1 aromatic rings. The standard InChI is InChI=1S/C10H16N2O/c1-4-9(7(2)13)10-5-6-11-8(3)12-10/h5-7,9,13H,4H2,1-3H3. The summed E-state index contributed by atoms with van der Waals surface area (Å²) in [6.07, 6.45) is 2.29. The van der Waals surface area contributed by atoms with E-state index in [0.29, 0.717) is 0 Å². The molecule has 2 atom stereocenters. The third-order valence-electron chi connectivity index (χ3n) is 2.20. The number of aliphatic hydroxyl groups is 1. The molecule has 3 nitrogen and oxygen atoms in total. The maximum absolute atomic E-state index is 9.50. The Hall–Kier alpha value is -0.960. The van der Waals surface area contributed by atoms with Gasteiger partial charge in [-0.2, -0.15) is 0 Å². The van der Waals surface area contributed by atoms with E-state index in [9.17, 15) is 5.11 Å². The number of nitrogens with zero attached hydrogens (tertiary/aromatic N) is 2. The topological polar surface area (TPSA) is 46.0 Å². The van der Waals surface area contributed by atoms with Crippen molar-refractivity contribution in [1.82, 2.24) is 9.97 Å². The van der Waals surface area contributed by atoms with E-state index in [4.69, 9.17) is 0 Å². The van der Waals surface area contributed by atoms with Crippen molar-refractivity contribution >= 4 is 0 Å². The first kappa shape index (κ1) is 10.1. The highest BCUT2D eigenvalue weighted by Gasteiger charge is 2.16. The Morgan fingerprint density at radius 3 is 2.69 bits per heavy atom. The average molecular weight is 180 g/mol. The van der Waals surface area contributed by atoms with Gasteiger partial charge in [0.2, 0.25) is 0 Å². The van der Waals surface area contributed by atoms with Gasteiger partial charge in [0.15, 0.2) is 0 Å². The lowest BCUT2D eigenvalue weighted by molar-refractivity contribution is 0.158. The van der Waals surface area contributed by atoms with E-state index in [2.05, 4.69) is 16.9 Å². The van der Waals surface area contributed by atoms with Gasteiger partial charge in [0.1, 0.15) is 5.82 Å². The van der Waals surface area contributed by atoms with Crippen molar-refractivity contribution in [3.05, 3.63) is 23.8 Å². The van der Waals surface area contributed by atoms with Gasteiger partial charge in [-0.25, -0.2) is 9.97 Å². The number of aliphatic hydroxyl groups excluding tert-OH is 1. The second-order valence-corrected chi connectivity index (χ2v) is 3.28. The highest BCUT2D eigenvalue weighted by Crippen LogP contribution is 2.20. The first-order valence-electron chi connectivity index (χ1n) is 4.62. The first-order valence-corrected chi connectivity index (χ1v) is 4.62. The Morgan fingerprint density at radius 2 is 2.23 bits per heavy atom. The molecule has 0 radical (unpaired) electrons. The summed E-state index contributed by atoms with van der Waals surface area (Å²) in [6, 6.07) is 1.87. The fourth-order valence-corrected chi connectivity index (χ4v) is 1.48. The lowest BCUT2D eigenvalue weighted by Crippen LogP contribution is -2.15. The van der Waals surface area contributed by atoms with Crippen LogP contribution in [0.5, 0.6) is 0 Å². The summed E-state index contributed by atoms with van der Waals surface area (Å²) in [5.74, 6) is 0.887. The Labute approximate surface area is 78.9 Å². The Morgan fingerprint density at radius 1 is 1.54 bits per heavy atom. The van der Waals surface area contributed by atoms with Crippen LogP contribution in [0.15, 0.2) is 12.3 Å². The lowest BCUT2D eigenvalue weighted by Gasteiger charge is -2.17. The number of aryl methyl sites for hydroxylation is 1. The Bertz CT molecular complexity index is 273. The van der Waals surface area contributed by atoms with Gasteiger partial charge in [-0.15, -0.1) is 0 Å². The largest absolute Gasteiger partial charge is 0.393 e. The molecule has 1 N–H and O–H groups in total. The van der Waals surface area contributed by atoms with Gasteiger partial charge in [-0.05, 0) is 26.3 Å². The average Bonchev–Trinajstić information content (AvgIpc) is 2.04. The summed E-state index contributed by atoms with van der Waals surface area (Å²) < 4.78 is 0. The normalized spacial score (nSPS) is 15.4. The molecule has 3 heteroatoms.